The van der Waals surface area contributed by atoms with E-state index in [1.165, 1.54) is 6.92 Å². The maximum Gasteiger partial charge on any atom is 0.168 e. The van der Waals surface area contributed by atoms with Crippen LogP contribution in [0.3, 0.4) is 0 Å². The van der Waals surface area contributed by atoms with Crippen LogP contribution in [-0.4, -0.2) is 16.0 Å². The summed E-state index contributed by atoms with van der Waals surface area (Å²) in [6.45, 7) is 15.3. The topological polar surface area (TPSA) is 57.5 Å². The normalized spacial score (nSPS) is 15.5. The van der Waals surface area contributed by atoms with E-state index in [0.717, 1.165) is 11.1 Å². The highest BCUT2D eigenvalue weighted by Gasteiger charge is 2.35. The molecule has 0 saturated carbocycles. The number of phenols is 1. The molecule has 0 fully saturated rings. The molecule has 3 nitrogen and oxygen atoms in total. The van der Waals surface area contributed by atoms with E-state index in [0.29, 0.717) is 5.56 Å². The molecule has 1 rings (SSSR count). The predicted octanol–water partition coefficient (Wildman–Crippen LogP) is 4.17. The molecule has 0 heterocycles. The van der Waals surface area contributed by atoms with E-state index in [1.807, 2.05) is 41.5 Å². The Bertz CT molecular complexity index is 534. The smallest absolute Gasteiger partial charge is 0.168 e. The third-order valence-corrected chi connectivity index (χ3v) is 4.15. The number of carbonyl (C=O) groups is 1. The van der Waals surface area contributed by atoms with Crippen LogP contribution in [-0.2, 0) is 21.2 Å². The van der Waals surface area contributed by atoms with Crippen molar-refractivity contribution in [2.75, 3.05) is 0 Å². The van der Waals surface area contributed by atoms with E-state index in [1.54, 1.807) is 19.1 Å². The number of phenolic OH excluding ortho intramolecular Hbond substituents is 1. The molecule has 0 amide bonds. The molecule has 0 aliphatic heterocycles. The summed E-state index contributed by atoms with van der Waals surface area (Å²) in [5, 5.41) is 21.4. The van der Waals surface area contributed by atoms with Gasteiger partial charge in [0.2, 0.25) is 0 Å². The van der Waals surface area contributed by atoms with Crippen molar-refractivity contribution in [3.63, 3.8) is 0 Å². The Kier molecular flexibility index (Phi) is 4.84. The molecular weight excluding hydrogens is 276 g/mol. The second-order valence-electron chi connectivity index (χ2n) is 8.27. The summed E-state index contributed by atoms with van der Waals surface area (Å²) >= 11 is 0. The number of aromatic hydroxyl groups is 1. The summed E-state index contributed by atoms with van der Waals surface area (Å²) in [5.74, 6) is 0.0291. The molecule has 0 aliphatic carbocycles. The number of rotatable bonds is 3. The maximum absolute atomic E-state index is 12.1. The summed E-state index contributed by atoms with van der Waals surface area (Å²) in [5.41, 5.74) is -0.0653. The molecule has 1 aromatic carbocycles. The zero-order valence-electron chi connectivity index (χ0n) is 15.2. The highest BCUT2D eigenvalue weighted by molar-refractivity contribution is 5.87. The van der Waals surface area contributed by atoms with Crippen LogP contribution in [0.15, 0.2) is 12.1 Å². The van der Waals surface area contributed by atoms with Crippen LogP contribution in [0.2, 0.25) is 0 Å². The number of hydrogen-bond donors (Lipinski definition) is 2. The number of benzene rings is 1. The number of carbonyl (C=O) groups excluding carboxylic acids is 1. The summed E-state index contributed by atoms with van der Waals surface area (Å²) < 4.78 is 0. The minimum Gasteiger partial charge on any atom is -0.507 e. The van der Waals surface area contributed by atoms with Gasteiger partial charge in [-0.15, -0.1) is 0 Å². The first-order chi connectivity index (χ1) is 9.72. The lowest BCUT2D eigenvalue weighted by molar-refractivity contribution is -0.136. The van der Waals surface area contributed by atoms with Gasteiger partial charge in [-0.2, -0.15) is 0 Å². The second-order valence-corrected chi connectivity index (χ2v) is 8.27. The van der Waals surface area contributed by atoms with E-state index in [2.05, 4.69) is 0 Å². The van der Waals surface area contributed by atoms with E-state index in [9.17, 15) is 15.0 Å². The van der Waals surface area contributed by atoms with Crippen molar-refractivity contribution in [2.45, 2.75) is 78.2 Å². The maximum atomic E-state index is 12.1. The van der Waals surface area contributed by atoms with Crippen molar-refractivity contribution in [1.29, 1.82) is 0 Å². The largest absolute Gasteiger partial charge is 0.507 e. The highest BCUT2D eigenvalue weighted by Crippen LogP contribution is 2.41. The summed E-state index contributed by atoms with van der Waals surface area (Å²) in [4.78, 5) is 12.1. The van der Waals surface area contributed by atoms with Crippen molar-refractivity contribution in [3.05, 3.63) is 28.8 Å². The van der Waals surface area contributed by atoms with Crippen LogP contribution >= 0.6 is 0 Å². The van der Waals surface area contributed by atoms with Crippen molar-refractivity contribution in [1.82, 2.24) is 0 Å². The zero-order valence-corrected chi connectivity index (χ0v) is 15.2. The Labute approximate surface area is 134 Å². The van der Waals surface area contributed by atoms with Crippen LogP contribution in [0.1, 0.15) is 78.5 Å². The van der Waals surface area contributed by atoms with Gasteiger partial charge in [0.1, 0.15) is 11.4 Å². The van der Waals surface area contributed by atoms with Crippen molar-refractivity contribution in [2.24, 2.45) is 0 Å². The summed E-state index contributed by atoms with van der Waals surface area (Å²) in [6.07, 6.45) is 0.267. The van der Waals surface area contributed by atoms with Crippen LogP contribution in [0.4, 0.5) is 0 Å². The highest BCUT2D eigenvalue weighted by atomic mass is 16.3. The number of aliphatic hydroxyl groups is 1. The Morgan fingerprint density at radius 1 is 0.955 bits per heavy atom. The van der Waals surface area contributed by atoms with Gasteiger partial charge >= 0.3 is 0 Å². The lowest BCUT2D eigenvalue weighted by Crippen LogP contribution is -2.33. The number of ketones is 1. The van der Waals surface area contributed by atoms with Gasteiger partial charge in [0, 0.05) is 6.42 Å². The average molecular weight is 306 g/mol. The minimum atomic E-state index is -1.54. The summed E-state index contributed by atoms with van der Waals surface area (Å²) in [6, 6.07) is 3.52. The van der Waals surface area contributed by atoms with Gasteiger partial charge in [0.25, 0.3) is 0 Å². The molecule has 3 heteroatoms. The quantitative estimate of drug-likeness (QED) is 0.881. The van der Waals surface area contributed by atoms with Gasteiger partial charge < -0.3 is 10.2 Å². The fourth-order valence-electron chi connectivity index (χ4n) is 2.56. The Morgan fingerprint density at radius 3 is 1.59 bits per heavy atom. The zero-order chi connectivity index (χ0) is 17.5. The lowest BCUT2D eigenvalue weighted by atomic mass is 9.76. The minimum absolute atomic E-state index is 0.224. The molecule has 0 radical (unpaired) electrons. The molecule has 124 valence electrons. The van der Waals surface area contributed by atoms with Crippen LogP contribution in [0.25, 0.3) is 0 Å². The fourth-order valence-corrected chi connectivity index (χ4v) is 2.56. The first kappa shape index (κ1) is 18.7. The lowest BCUT2D eigenvalue weighted by Gasteiger charge is -2.31. The van der Waals surface area contributed by atoms with E-state index >= 15 is 0 Å². The average Bonchev–Trinajstić information content (AvgIpc) is 2.34. The van der Waals surface area contributed by atoms with Crippen LogP contribution in [0.5, 0.6) is 5.75 Å². The van der Waals surface area contributed by atoms with Crippen molar-refractivity contribution < 1.29 is 15.0 Å². The van der Waals surface area contributed by atoms with Crippen molar-refractivity contribution in [3.8, 4) is 5.75 Å². The standard InChI is InChI=1S/C19H30O3/c1-9-15(20)19(8,22)12-10-13(17(2,3)4)16(21)14(11-12)18(5,6)7/h10-11,21-22H,9H2,1-8H3. The summed E-state index contributed by atoms with van der Waals surface area (Å²) in [7, 11) is 0. The van der Waals surface area contributed by atoms with E-state index in [-0.39, 0.29) is 28.8 Å². The van der Waals surface area contributed by atoms with Gasteiger partial charge in [-0.3, -0.25) is 4.79 Å². The first-order valence-corrected chi connectivity index (χ1v) is 7.87. The monoisotopic (exact) mass is 306 g/mol. The van der Waals surface area contributed by atoms with Crippen LogP contribution in [0, 0.1) is 0 Å². The molecule has 0 saturated heterocycles. The van der Waals surface area contributed by atoms with Gasteiger partial charge in [0.15, 0.2) is 5.78 Å². The van der Waals surface area contributed by atoms with E-state index in [4.69, 9.17) is 0 Å². The number of hydrogen-bond acceptors (Lipinski definition) is 3. The Hall–Kier alpha value is -1.35. The molecule has 22 heavy (non-hydrogen) atoms. The van der Waals surface area contributed by atoms with Crippen LogP contribution < -0.4 is 0 Å². The Balaban J connectivity index is 3.73. The van der Waals surface area contributed by atoms with Gasteiger partial charge in [-0.1, -0.05) is 48.5 Å². The Morgan fingerprint density at radius 2 is 1.32 bits per heavy atom. The molecule has 0 aromatic heterocycles. The molecule has 1 unspecified atom stereocenters. The molecule has 2 N–H and O–H groups in total. The van der Waals surface area contributed by atoms with Crippen molar-refractivity contribution >= 4 is 5.78 Å². The third kappa shape index (κ3) is 3.52. The molecule has 1 aromatic rings. The molecular formula is C19H30O3. The second kappa shape index (κ2) is 5.69. The molecule has 0 bridgehead atoms. The van der Waals surface area contributed by atoms with Gasteiger partial charge in [-0.05, 0) is 46.6 Å². The third-order valence-electron chi connectivity index (χ3n) is 4.15. The number of Topliss-reactive ketones (excluding diaryl/α,β-unsaturated/α-hetero) is 1. The molecule has 0 spiro atoms. The van der Waals surface area contributed by atoms with Gasteiger partial charge in [0.05, 0.1) is 0 Å². The predicted molar refractivity (Wildman–Crippen MR) is 90.4 cm³/mol. The fraction of sp³-hybridized carbons (Fsp3) is 0.632. The molecule has 0 aliphatic rings. The van der Waals surface area contributed by atoms with E-state index < -0.39 is 5.60 Å². The SMILES string of the molecule is CCC(=O)C(C)(O)c1cc(C(C)(C)C)c(O)c(C(C)(C)C)c1. The molecule has 1 atom stereocenters. The first-order valence-electron chi connectivity index (χ1n) is 7.87. The van der Waals surface area contributed by atoms with Gasteiger partial charge in [-0.25, -0.2) is 0 Å².